The maximum Gasteiger partial charge on any atom is 0.348 e. The molecule has 128 valence electrons. The van der Waals surface area contributed by atoms with Crippen LogP contribution in [0.1, 0.15) is 41.7 Å². The van der Waals surface area contributed by atoms with E-state index in [4.69, 9.17) is 14.9 Å². The third-order valence-corrected chi connectivity index (χ3v) is 4.26. The Hall–Kier alpha value is -2.81. The van der Waals surface area contributed by atoms with Gasteiger partial charge in [0.2, 0.25) is 0 Å². The van der Waals surface area contributed by atoms with E-state index in [-0.39, 0.29) is 33.2 Å². The topological polar surface area (TPSA) is 118 Å². The lowest BCUT2D eigenvalue weighted by Gasteiger charge is -2.07. The Bertz CT molecular complexity index is 790. The van der Waals surface area contributed by atoms with Crippen molar-refractivity contribution in [1.29, 1.82) is 0 Å². The van der Waals surface area contributed by atoms with E-state index in [0.717, 1.165) is 11.3 Å². The number of furan rings is 1. The van der Waals surface area contributed by atoms with Crippen LogP contribution in [-0.4, -0.2) is 32.1 Å². The van der Waals surface area contributed by atoms with Gasteiger partial charge in [-0.1, -0.05) is 0 Å². The van der Waals surface area contributed by atoms with Crippen molar-refractivity contribution in [2.24, 2.45) is 0 Å². The van der Waals surface area contributed by atoms with Gasteiger partial charge in [0.15, 0.2) is 0 Å². The van der Waals surface area contributed by atoms with Gasteiger partial charge in [-0.3, -0.25) is 0 Å². The fourth-order valence-corrected chi connectivity index (χ4v) is 3.00. The first-order valence-corrected chi connectivity index (χ1v) is 7.51. The predicted octanol–water partition coefficient (Wildman–Crippen LogP) is 2.16. The fourth-order valence-electron chi connectivity index (χ4n) is 2.02. The molecule has 0 atom stereocenters. The minimum absolute atomic E-state index is 0.0142. The van der Waals surface area contributed by atoms with Crippen molar-refractivity contribution in [3.8, 4) is 0 Å². The number of esters is 3. The van der Waals surface area contributed by atoms with Crippen molar-refractivity contribution in [1.82, 2.24) is 0 Å². The minimum Gasteiger partial charge on any atom is -0.469 e. The van der Waals surface area contributed by atoms with E-state index in [0.29, 0.717) is 5.76 Å². The van der Waals surface area contributed by atoms with Crippen molar-refractivity contribution in [3.05, 3.63) is 39.7 Å². The lowest BCUT2D eigenvalue weighted by atomic mass is 10.1. The number of hydrogen-bond donors (Lipinski definition) is 1. The van der Waals surface area contributed by atoms with Crippen molar-refractivity contribution >= 4 is 34.2 Å². The van der Waals surface area contributed by atoms with Gasteiger partial charge in [-0.05, 0) is 13.0 Å². The summed E-state index contributed by atoms with van der Waals surface area (Å²) in [5.41, 5.74) is 6.17. The van der Waals surface area contributed by atoms with Gasteiger partial charge in [0.25, 0.3) is 0 Å². The number of carbonyl (C=O) groups excluding carboxylic acids is 3. The summed E-state index contributed by atoms with van der Waals surface area (Å²) in [7, 11) is 2.38. The Balaban J connectivity index is 2.33. The van der Waals surface area contributed by atoms with Crippen LogP contribution in [0.2, 0.25) is 0 Å². The second-order valence-electron chi connectivity index (χ2n) is 4.60. The average Bonchev–Trinajstić information content (AvgIpc) is 3.14. The monoisotopic (exact) mass is 353 g/mol. The molecule has 0 amide bonds. The first kappa shape index (κ1) is 17.5. The van der Waals surface area contributed by atoms with Gasteiger partial charge in [0, 0.05) is 5.56 Å². The number of hydrogen-bond acceptors (Lipinski definition) is 9. The smallest absolute Gasteiger partial charge is 0.348 e. The third kappa shape index (κ3) is 3.25. The Labute approximate surface area is 141 Å². The molecule has 0 bridgehead atoms. The van der Waals surface area contributed by atoms with E-state index in [2.05, 4.69) is 9.47 Å². The maximum atomic E-state index is 12.1. The molecule has 0 unspecified atom stereocenters. The van der Waals surface area contributed by atoms with Crippen molar-refractivity contribution in [2.45, 2.75) is 13.5 Å². The highest BCUT2D eigenvalue weighted by Gasteiger charge is 2.28. The number of methoxy groups -OCH3 is 2. The van der Waals surface area contributed by atoms with Gasteiger partial charge in [-0.2, -0.15) is 0 Å². The van der Waals surface area contributed by atoms with Crippen LogP contribution >= 0.6 is 11.3 Å². The number of thiophene rings is 1. The summed E-state index contributed by atoms with van der Waals surface area (Å²) in [5, 5.41) is 0.0767. The number of rotatable bonds is 5. The highest BCUT2D eigenvalue weighted by Crippen LogP contribution is 2.33. The largest absolute Gasteiger partial charge is 0.469 e. The normalized spacial score (nSPS) is 10.3. The highest BCUT2D eigenvalue weighted by atomic mass is 32.1. The highest BCUT2D eigenvalue weighted by molar-refractivity contribution is 7.18. The first-order valence-electron chi connectivity index (χ1n) is 6.69. The van der Waals surface area contributed by atoms with Crippen molar-refractivity contribution in [2.75, 3.05) is 20.0 Å². The van der Waals surface area contributed by atoms with Crippen LogP contribution in [0.15, 0.2) is 16.7 Å². The molecule has 0 spiro atoms. The van der Waals surface area contributed by atoms with Gasteiger partial charge >= 0.3 is 17.9 Å². The molecule has 8 nitrogen and oxygen atoms in total. The van der Waals surface area contributed by atoms with Crippen LogP contribution in [0.4, 0.5) is 5.00 Å². The quantitative estimate of drug-likeness (QED) is 0.642. The number of aryl methyl sites for hydroxylation is 1. The molecule has 0 saturated heterocycles. The molecule has 0 aliphatic rings. The van der Waals surface area contributed by atoms with Crippen LogP contribution in [0.25, 0.3) is 0 Å². The van der Waals surface area contributed by atoms with Gasteiger partial charge < -0.3 is 24.4 Å². The molecule has 2 rings (SSSR count). The molecule has 24 heavy (non-hydrogen) atoms. The lowest BCUT2D eigenvalue weighted by molar-refractivity contribution is 0.0451. The average molecular weight is 353 g/mol. The van der Waals surface area contributed by atoms with E-state index in [1.807, 2.05) is 0 Å². The molecule has 0 aliphatic carbocycles. The zero-order chi connectivity index (χ0) is 17.9. The van der Waals surface area contributed by atoms with Crippen molar-refractivity contribution < 1.29 is 33.0 Å². The van der Waals surface area contributed by atoms with E-state index >= 15 is 0 Å². The van der Waals surface area contributed by atoms with Crippen LogP contribution in [-0.2, 0) is 20.8 Å². The molecule has 2 aromatic rings. The minimum atomic E-state index is -0.732. The summed E-state index contributed by atoms with van der Waals surface area (Å²) in [5.74, 6) is -1.68. The molecular formula is C15H15NO7S. The zero-order valence-electron chi connectivity index (χ0n) is 13.2. The molecule has 9 heteroatoms. The summed E-state index contributed by atoms with van der Waals surface area (Å²) >= 11 is 0.862. The summed E-state index contributed by atoms with van der Waals surface area (Å²) in [6, 6.07) is 1.46. The van der Waals surface area contributed by atoms with E-state index in [1.54, 1.807) is 6.92 Å². The molecule has 0 saturated carbocycles. The Morgan fingerprint density at radius 3 is 2.38 bits per heavy atom. The Morgan fingerprint density at radius 2 is 1.83 bits per heavy atom. The molecule has 2 aromatic heterocycles. The molecule has 2 heterocycles. The molecule has 0 aromatic carbocycles. The third-order valence-electron chi connectivity index (χ3n) is 3.22. The number of carbonyl (C=O) groups is 3. The van der Waals surface area contributed by atoms with Crippen molar-refractivity contribution in [3.63, 3.8) is 0 Å². The summed E-state index contributed by atoms with van der Waals surface area (Å²) in [6.07, 6.45) is 1.36. The van der Waals surface area contributed by atoms with E-state index in [9.17, 15) is 14.4 Å². The summed E-state index contributed by atoms with van der Waals surface area (Å²) in [4.78, 5) is 35.9. The van der Waals surface area contributed by atoms with Crippen LogP contribution < -0.4 is 5.73 Å². The van der Waals surface area contributed by atoms with Gasteiger partial charge in [-0.15, -0.1) is 11.3 Å². The number of ether oxygens (including phenoxy) is 3. The number of nitrogen functional groups attached to an aromatic ring is 1. The summed E-state index contributed by atoms with van der Waals surface area (Å²) < 4.78 is 19.5. The molecule has 0 radical (unpaired) electrons. The predicted molar refractivity (Wildman–Crippen MR) is 84.0 cm³/mol. The van der Waals surface area contributed by atoms with Crippen LogP contribution in [0.5, 0.6) is 0 Å². The number of anilines is 1. The fraction of sp³-hybridized carbons (Fsp3) is 0.267. The molecular weight excluding hydrogens is 338 g/mol. The van der Waals surface area contributed by atoms with Gasteiger partial charge in [0.05, 0.1) is 20.5 Å². The maximum absolute atomic E-state index is 12.1. The Kier molecular flexibility index (Phi) is 5.24. The standard InChI is InChI=1S/C15H15NO7S/c1-7-8(4-5-22-7)13(17)23-6-9-10(14(18)20-2)12(16)24-11(9)15(19)21-3/h4-5H,6,16H2,1-3H3. The molecule has 0 aliphatic heterocycles. The molecule has 2 N–H and O–H groups in total. The Morgan fingerprint density at radius 1 is 1.17 bits per heavy atom. The lowest BCUT2D eigenvalue weighted by Crippen LogP contribution is -2.12. The van der Waals surface area contributed by atoms with Crippen LogP contribution in [0, 0.1) is 6.92 Å². The van der Waals surface area contributed by atoms with Crippen LogP contribution in [0.3, 0.4) is 0 Å². The summed E-state index contributed by atoms with van der Waals surface area (Å²) in [6.45, 7) is 1.27. The second kappa shape index (κ2) is 7.18. The first-order chi connectivity index (χ1) is 11.4. The zero-order valence-corrected chi connectivity index (χ0v) is 14.0. The van der Waals surface area contributed by atoms with E-state index in [1.165, 1.54) is 26.5 Å². The van der Waals surface area contributed by atoms with Gasteiger partial charge in [0.1, 0.15) is 33.4 Å². The van der Waals surface area contributed by atoms with E-state index < -0.39 is 17.9 Å². The van der Waals surface area contributed by atoms with Gasteiger partial charge in [-0.25, -0.2) is 14.4 Å². The number of nitrogens with two attached hydrogens (primary N) is 1. The SMILES string of the molecule is COC(=O)c1sc(N)c(C(=O)OC)c1COC(=O)c1ccoc1C. The second-order valence-corrected chi connectivity index (χ2v) is 5.65. The molecule has 0 fully saturated rings.